The maximum Gasteiger partial charge on any atom is 0.140 e. The molecule has 0 aliphatic heterocycles. The molecule has 0 radical (unpaired) electrons. The predicted molar refractivity (Wildman–Crippen MR) is 86.4 cm³/mol. The molecule has 0 saturated heterocycles. The fourth-order valence-electron chi connectivity index (χ4n) is 1.95. The molecule has 1 aromatic heterocycles. The highest BCUT2D eigenvalue weighted by atomic mass is 79.9. The summed E-state index contributed by atoms with van der Waals surface area (Å²) in [4.78, 5) is 0. The third kappa shape index (κ3) is 4.32. The second kappa shape index (κ2) is 7.09. The van der Waals surface area contributed by atoms with Crippen molar-refractivity contribution < 1.29 is 9.26 Å². The van der Waals surface area contributed by atoms with E-state index in [-0.39, 0.29) is 0 Å². The molecular weight excluding hydrogens is 332 g/mol. The molecule has 0 aliphatic rings. The number of nitrogens with zero attached hydrogens (tertiary/aromatic N) is 1. The molecule has 21 heavy (non-hydrogen) atoms. The topological polar surface area (TPSA) is 47.3 Å². The minimum Gasteiger partial charge on any atom is -0.489 e. The van der Waals surface area contributed by atoms with E-state index in [0.717, 1.165) is 33.8 Å². The van der Waals surface area contributed by atoms with Gasteiger partial charge in [-0.05, 0) is 37.6 Å². The van der Waals surface area contributed by atoms with Crippen LogP contribution >= 0.6 is 15.9 Å². The van der Waals surface area contributed by atoms with Gasteiger partial charge < -0.3 is 14.6 Å². The Balaban J connectivity index is 2.05. The van der Waals surface area contributed by atoms with Crippen LogP contribution in [0, 0.1) is 13.8 Å². The first-order valence-electron chi connectivity index (χ1n) is 7.03. The molecule has 0 saturated carbocycles. The van der Waals surface area contributed by atoms with Gasteiger partial charge in [0.15, 0.2) is 0 Å². The van der Waals surface area contributed by atoms with Crippen LogP contribution in [-0.2, 0) is 13.2 Å². The van der Waals surface area contributed by atoms with Crippen molar-refractivity contribution in [1.82, 2.24) is 10.5 Å². The fraction of sp³-hybridized carbons (Fsp3) is 0.438. The van der Waals surface area contributed by atoms with Crippen LogP contribution in [-0.4, -0.2) is 11.2 Å². The lowest BCUT2D eigenvalue weighted by atomic mass is 10.2. The van der Waals surface area contributed by atoms with Gasteiger partial charge in [0.25, 0.3) is 0 Å². The highest BCUT2D eigenvalue weighted by Gasteiger charge is 2.10. The molecule has 0 aliphatic carbocycles. The predicted octanol–water partition coefficient (Wildman–Crippen LogP) is 4.13. The van der Waals surface area contributed by atoms with Crippen LogP contribution < -0.4 is 10.1 Å². The summed E-state index contributed by atoms with van der Waals surface area (Å²) in [6.07, 6.45) is 0. The largest absolute Gasteiger partial charge is 0.489 e. The van der Waals surface area contributed by atoms with Gasteiger partial charge in [-0.2, -0.15) is 0 Å². The van der Waals surface area contributed by atoms with Crippen LogP contribution in [0.4, 0.5) is 0 Å². The Morgan fingerprint density at radius 1 is 1.33 bits per heavy atom. The summed E-state index contributed by atoms with van der Waals surface area (Å²) in [5, 5.41) is 7.34. The van der Waals surface area contributed by atoms with Gasteiger partial charge in [-0.15, -0.1) is 0 Å². The Kier molecular flexibility index (Phi) is 5.42. The van der Waals surface area contributed by atoms with Gasteiger partial charge in [0, 0.05) is 17.1 Å². The number of aromatic nitrogens is 1. The summed E-state index contributed by atoms with van der Waals surface area (Å²) < 4.78 is 12.1. The molecule has 1 heterocycles. The molecule has 0 spiro atoms. The molecule has 1 aromatic carbocycles. The molecule has 0 fully saturated rings. The van der Waals surface area contributed by atoms with Crippen molar-refractivity contribution in [3.8, 4) is 5.75 Å². The zero-order chi connectivity index (χ0) is 15.4. The van der Waals surface area contributed by atoms with E-state index in [1.807, 2.05) is 26.0 Å². The summed E-state index contributed by atoms with van der Waals surface area (Å²) in [6.45, 7) is 9.37. The SMILES string of the molecule is Cc1noc(C)c1COc1ccc(Br)c(CNC(C)C)c1. The standard InChI is InChI=1S/C16H21BrN2O2/c1-10(2)18-8-13-7-14(5-6-16(13)17)20-9-15-11(3)19-21-12(15)4/h5-7,10,18H,8-9H2,1-4H3. The van der Waals surface area contributed by atoms with E-state index in [2.05, 4.69) is 46.3 Å². The molecule has 2 aromatic rings. The maximum atomic E-state index is 5.87. The molecular formula is C16H21BrN2O2. The third-order valence-corrected chi connectivity index (χ3v) is 4.06. The molecule has 0 bridgehead atoms. The van der Waals surface area contributed by atoms with E-state index in [4.69, 9.17) is 9.26 Å². The van der Waals surface area contributed by atoms with Gasteiger partial charge in [0.1, 0.15) is 18.1 Å². The van der Waals surface area contributed by atoms with E-state index < -0.39 is 0 Å². The van der Waals surface area contributed by atoms with Crippen molar-refractivity contribution in [2.45, 2.75) is 46.9 Å². The van der Waals surface area contributed by atoms with Crippen molar-refractivity contribution >= 4 is 15.9 Å². The van der Waals surface area contributed by atoms with Gasteiger partial charge in [0.05, 0.1) is 11.3 Å². The zero-order valence-corrected chi connectivity index (χ0v) is 14.5. The zero-order valence-electron chi connectivity index (χ0n) is 12.9. The summed E-state index contributed by atoms with van der Waals surface area (Å²) in [5.41, 5.74) is 3.08. The van der Waals surface area contributed by atoms with E-state index in [1.165, 1.54) is 5.56 Å². The molecule has 2 rings (SSSR count). The summed E-state index contributed by atoms with van der Waals surface area (Å²) >= 11 is 3.57. The minimum absolute atomic E-state index is 0.448. The smallest absolute Gasteiger partial charge is 0.140 e. The number of ether oxygens (including phenoxy) is 1. The van der Waals surface area contributed by atoms with Crippen molar-refractivity contribution in [3.05, 3.63) is 45.3 Å². The summed E-state index contributed by atoms with van der Waals surface area (Å²) in [7, 11) is 0. The normalized spacial score (nSPS) is 11.1. The van der Waals surface area contributed by atoms with Crippen molar-refractivity contribution in [1.29, 1.82) is 0 Å². The lowest BCUT2D eigenvalue weighted by Crippen LogP contribution is -2.22. The Morgan fingerprint density at radius 3 is 2.71 bits per heavy atom. The second-order valence-electron chi connectivity index (χ2n) is 5.38. The quantitative estimate of drug-likeness (QED) is 0.848. The molecule has 5 heteroatoms. The number of halogens is 1. The molecule has 114 valence electrons. The van der Waals surface area contributed by atoms with Crippen LogP contribution in [0.2, 0.25) is 0 Å². The first kappa shape index (κ1) is 16.0. The van der Waals surface area contributed by atoms with Crippen LogP contribution in [0.25, 0.3) is 0 Å². The van der Waals surface area contributed by atoms with Crippen LogP contribution in [0.3, 0.4) is 0 Å². The number of aryl methyl sites for hydroxylation is 2. The first-order valence-corrected chi connectivity index (χ1v) is 7.83. The molecule has 0 atom stereocenters. The number of nitrogens with one attached hydrogen (secondary N) is 1. The van der Waals surface area contributed by atoms with E-state index in [1.54, 1.807) is 0 Å². The Bertz CT molecular complexity index is 589. The number of rotatable bonds is 6. The average Bonchev–Trinajstić information content (AvgIpc) is 2.75. The number of benzene rings is 1. The Hall–Kier alpha value is -1.33. The molecule has 0 amide bonds. The Morgan fingerprint density at radius 2 is 2.10 bits per heavy atom. The molecule has 1 N–H and O–H groups in total. The Labute approximate surface area is 134 Å². The van der Waals surface area contributed by atoms with Crippen molar-refractivity contribution in [2.75, 3.05) is 0 Å². The van der Waals surface area contributed by atoms with Crippen molar-refractivity contribution in [2.24, 2.45) is 0 Å². The lowest BCUT2D eigenvalue weighted by Gasteiger charge is -2.12. The third-order valence-electron chi connectivity index (χ3n) is 3.28. The highest BCUT2D eigenvalue weighted by molar-refractivity contribution is 9.10. The summed E-state index contributed by atoms with van der Waals surface area (Å²) in [5.74, 6) is 1.66. The first-order chi connectivity index (χ1) is 9.97. The van der Waals surface area contributed by atoms with E-state index >= 15 is 0 Å². The van der Waals surface area contributed by atoms with Crippen LogP contribution in [0.1, 0.15) is 36.4 Å². The van der Waals surface area contributed by atoms with Crippen LogP contribution in [0.5, 0.6) is 5.75 Å². The molecule has 4 nitrogen and oxygen atoms in total. The number of hydrogen-bond acceptors (Lipinski definition) is 4. The van der Waals surface area contributed by atoms with Crippen molar-refractivity contribution in [3.63, 3.8) is 0 Å². The van der Waals surface area contributed by atoms with Gasteiger partial charge in [-0.3, -0.25) is 0 Å². The van der Waals surface area contributed by atoms with Gasteiger partial charge in [-0.25, -0.2) is 0 Å². The minimum atomic E-state index is 0.448. The van der Waals surface area contributed by atoms with E-state index in [0.29, 0.717) is 12.6 Å². The number of hydrogen-bond donors (Lipinski definition) is 1. The van der Waals surface area contributed by atoms with Gasteiger partial charge in [0.2, 0.25) is 0 Å². The summed E-state index contributed by atoms with van der Waals surface area (Å²) in [6, 6.07) is 6.47. The average molecular weight is 353 g/mol. The highest BCUT2D eigenvalue weighted by Crippen LogP contribution is 2.24. The monoisotopic (exact) mass is 352 g/mol. The van der Waals surface area contributed by atoms with Gasteiger partial charge >= 0.3 is 0 Å². The fourth-order valence-corrected chi connectivity index (χ4v) is 2.34. The van der Waals surface area contributed by atoms with E-state index in [9.17, 15) is 0 Å². The second-order valence-corrected chi connectivity index (χ2v) is 6.23. The molecule has 0 unspecified atom stereocenters. The lowest BCUT2D eigenvalue weighted by molar-refractivity contribution is 0.301. The van der Waals surface area contributed by atoms with Gasteiger partial charge in [-0.1, -0.05) is 34.9 Å². The van der Waals surface area contributed by atoms with Crippen LogP contribution in [0.15, 0.2) is 27.2 Å². The maximum absolute atomic E-state index is 5.87.